The zero-order valence-electron chi connectivity index (χ0n) is 12.1. The summed E-state index contributed by atoms with van der Waals surface area (Å²) < 4.78 is 0. The van der Waals surface area contributed by atoms with Crippen LogP contribution in [0.3, 0.4) is 0 Å². The number of nitrogens with zero attached hydrogens (tertiary/aromatic N) is 2. The van der Waals surface area contributed by atoms with Crippen LogP contribution in [0.15, 0.2) is 34.2 Å². The van der Waals surface area contributed by atoms with E-state index in [2.05, 4.69) is 42.3 Å². The minimum atomic E-state index is 0.571. The number of benzene rings is 1. The molecule has 0 unspecified atom stereocenters. The maximum Gasteiger partial charge on any atom is 0.135 e. The molecule has 1 N–H and O–H groups in total. The summed E-state index contributed by atoms with van der Waals surface area (Å²) in [7, 11) is 1.91. The lowest BCUT2D eigenvalue weighted by Crippen LogP contribution is -2.00. The first-order valence-electron chi connectivity index (χ1n) is 6.97. The highest BCUT2D eigenvalue weighted by Gasteiger charge is 2.27. The van der Waals surface area contributed by atoms with E-state index in [0.29, 0.717) is 5.92 Å². The minimum Gasteiger partial charge on any atom is -0.373 e. The topological polar surface area (TPSA) is 37.8 Å². The van der Waals surface area contributed by atoms with E-state index in [1.165, 1.54) is 28.9 Å². The molecule has 1 aliphatic rings. The Morgan fingerprint density at radius 3 is 2.65 bits per heavy atom. The molecule has 1 fully saturated rings. The van der Waals surface area contributed by atoms with Gasteiger partial charge in [0, 0.05) is 23.9 Å². The molecule has 1 saturated carbocycles. The van der Waals surface area contributed by atoms with Crippen LogP contribution in [0.4, 0.5) is 5.82 Å². The number of rotatable bonds is 4. The molecule has 2 aromatic rings. The van der Waals surface area contributed by atoms with Crippen LogP contribution < -0.4 is 5.32 Å². The van der Waals surface area contributed by atoms with Gasteiger partial charge in [-0.2, -0.15) is 0 Å². The zero-order chi connectivity index (χ0) is 14.1. The van der Waals surface area contributed by atoms with Crippen LogP contribution in [0.25, 0.3) is 0 Å². The van der Waals surface area contributed by atoms with Crippen LogP contribution in [-0.4, -0.2) is 17.0 Å². The third-order valence-corrected chi connectivity index (χ3v) is 4.55. The molecule has 4 heteroatoms. The van der Waals surface area contributed by atoms with Gasteiger partial charge in [0.25, 0.3) is 0 Å². The van der Waals surface area contributed by atoms with Crippen LogP contribution in [0.5, 0.6) is 0 Å². The van der Waals surface area contributed by atoms with Gasteiger partial charge in [0.05, 0.1) is 0 Å². The van der Waals surface area contributed by atoms with Crippen molar-refractivity contribution in [2.24, 2.45) is 0 Å². The second-order valence-corrected chi connectivity index (χ2v) is 6.41. The molecule has 0 spiro atoms. The van der Waals surface area contributed by atoms with Crippen molar-refractivity contribution in [2.45, 2.75) is 42.5 Å². The second-order valence-electron chi connectivity index (χ2n) is 5.34. The average Bonchev–Trinajstić information content (AvgIpc) is 3.27. The van der Waals surface area contributed by atoms with Crippen molar-refractivity contribution in [3.8, 4) is 0 Å². The molecule has 1 aromatic carbocycles. The van der Waals surface area contributed by atoms with Crippen LogP contribution >= 0.6 is 11.8 Å². The predicted molar refractivity (Wildman–Crippen MR) is 83.6 cm³/mol. The van der Waals surface area contributed by atoms with Gasteiger partial charge in [-0.1, -0.05) is 23.9 Å². The molecule has 3 nitrogen and oxygen atoms in total. The molecular formula is C16H19N3S. The van der Waals surface area contributed by atoms with Crippen molar-refractivity contribution in [2.75, 3.05) is 12.4 Å². The van der Waals surface area contributed by atoms with Crippen molar-refractivity contribution in [1.29, 1.82) is 0 Å². The Morgan fingerprint density at radius 1 is 1.15 bits per heavy atom. The number of anilines is 1. The molecule has 0 saturated heterocycles. The van der Waals surface area contributed by atoms with Gasteiger partial charge in [-0.25, -0.2) is 9.97 Å². The van der Waals surface area contributed by atoms with Gasteiger partial charge in [-0.15, -0.1) is 0 Å². The molecule has 1 aromatic heterocycles. The first-order valence-corrected chi connectivity index (χ1v) is 7.79. The van der Waals surface area contributed by atoms with E-state index in [1.807, 2.05) is 13.1 Å². The van der Waals surface area contributed by atoms with Gasteiger partial charge in [-0.3, -0.25) is 0 Å². The van der Waals surface area contributed by atoms with Crippen molar-refractivity contribution in [3.05, 3.63) is 41.2 Å². The molecule has 20 heavy (non-hydrogen) atoms. The molecular weight excluding hydrogens is 266 g/mol. The van der Waals surface area contributed by atoms with Crippen LogP contribution in [0.2, 0.25) is 0 Å². The lowest BCUT2D eigenvalue weighted by Gasteiger charge is -2.09. The first-order chi connectivity index (χ1) is 9.65. The molecule has 0 amide bonds. The number of aryl methyl sites for hydroxylation is 2. The van der Waals surface area contributed by atoms with E-state index in [-0.39, 0.29) is 0 Å². The Bertz CT molecular complexity index is 636. The summed E-state index contributed by atoms with van der Waals surface area (Å²) >= 11 is 1.73. The summed E-state index contributed by atoms with van der Waals surface area (Å²) in [5.41, 5.74) is 2.57. The predicted octanol–water partition coefficient (Wildman–Crippen LogP) is 4.16. The van der Waals surface area contributed by atoms with E-state index < -0.39 is 0 Å². The lowest BCUT2D eigenvalue weighted by atomic mass is 10.2. The molecule has 0 bridgehead atoms. The van der Waals surface area contributed by atoms with Crippen LogP contribution in [0, 0.1) is 13.8 Å². The monoisotopic (exact) mass is 285 g/mol. The van der Waals surface area contributed by atoms with E-state index in [9.17, 15) is 0 Å². The number of aromatic nitrogens is 2. The second kappa shape index (κ2) is 5.44. The fraction of sp³-hybridized carbons (Fsp3) is 0.375. The fourth-order valence-electron chi connectivity index (χ4n) is 2.08. The Hall–Kier alpha value is -1.55. The molecule has 104 valence electrons. The van der Waals surface area contributed by atoms with Crippen LogP contribution in [-0.2, 0) is 0 Å². The maximum absolute atomic E-state index is 4.72. The fourth-order valence-corrected chi connectivity index (χ4v) is 3.09. The average molecular weight is 285 g/mol. The minimum absolute atomic E-state index is 0.571. The number of hydrogen-bond acceptors (Lipinski definition) is 4. The number of hydrogen-bond donors (Lipinski definition) is 1. The molecule has 0 aliphatic heterocycles. The van der Waals surface area contributed by atoms with Gasteiger partial charge < -0.3 is 5.32 Å². The number of nitrogens with one attached hydrogen (secondary N) is 1. The largest absolute Gasteiger partial charge is 0.373 e. The smallest absolute Gasteiger partial charge is 0.135 e. The standard InChI is InChI=1S/C16H19N3S/c1-10-4-5-11(2)13(8-10)20-15-9-14(17-3)18-16(19-15)12-6-7-12/h4-5,8-9,12H,6-7H2,1-3H3,(H,17,18,19). The summed E-state index contributed by atoms with van der Waals surface area (Å²) in [6.45, 7) is 4.27. The quantitative estimate of drug-likeness (QED) is 0.856. The molecule has 0 radical (unpaired) electrons. The zero-order valence-corrected chi connectivity index (χ0v) is 12.9. The van der Waals surface area contributed by atoms with Gasteiger partial charge in [0.1, 0.15) is 16.7 Å². The third kappa shape index (κ3) is 2.96. The molecule has 0 atom stereocenters. The summed E-state index contributed by atoms with van der Waals surface area (Å²) in [6.07, 6.45) is 2.45. The molecule has 1 heterocycles. The SMILES string of the molecule is CNc1cc(Sc2cc(C)ccc2C)nc(C2CC2)n1. The Morgan fingerprint density at radius 2 is 1.95 bits per heavy atom. The summed E-state index contributed by atoms with van der Waals surface area (Å²) in [5, 5.41) is 4.17. The Labute approximate surface area is 124 Å². The van der Waals surface area contributed by atoms with Gasteiger partial charge in [0.2, 0.25) is 0 Å². The molecule has 1 aliphatic carbocycles. The van der Waals surface area contributed by atoms with Gasteiger partial charge >= 0.3 is 0 Å². The van der Waals surface area contributed by atoms with E-state index in [1.54, 1.807) is 11.8 Å². The van der Waals surface area contributed by atoms with Crippen molar-refractivity contribution in [1.82, 2.24) is 9.97 Å². The van der Waals surface area contributed by atoms with Crippen molar-refractivity contribution >= 4 is 17.6 Å². The van der Waals surface area contributed by atoms with E-state index in [0.717, 1.165) is 16.7 Å². The van der Waals surface area contributed by atoms with E-state index in [4.69, 9.17) is 4.98 Å². The highest BCUT2D eigenvalue weighted by atomic mass is 32.2. The maximum atomic E-state index is 4.72. The lowest BCUT2D eigenvalue weighted by molar-refractivity contribution is 0.880. The Balaban J connectivity index is 1.93. The van der Waals surface area contributed by atoms with Gasteiger partial charge in [0.15, 0.2) is 0 Å². The summed E-state index contributed by atoms with van der Waals surface area (Å²) in [4.78, 5) is 10.6. The van der Waals surface area contributed by atoms with Crippen molar-refractivity contribution < 1.29 is 0 Å². The highest BCUT2D eigenvalue weighted by molar-refractivity contribution is 7.99. The van der Waals surface area contributed by atoms with Crippen LogP contribution in [0.1, 0.15) is 35.7 Å². The highest BCUT2D eigenvalue weighted by Crippen LogP contribution is 2.40. The molecule has 3 rings (SSSR count). The first kappa shape index (κ1) is 13.4. The Kier molecular flexibility index (Phi) is 3.66. The van der Waals surface area contributed by atoms with Crippen molar-refractivity contribution in [3.63, 3.8) is 0 Å². The summed E-state index contributed by atoms with van der Waals surface area (Å²) in [5.74, 6) is 2.47. The summed E-state index contributed by atoms with van der Waals surface area (Å²) in [6, 6.07) is 8.56. The van der Waals surface area contributed by atoms with Gasteiger partial charge in [-0.05, 0) is 43.9 Å². The normalized spacial score (nSPS) is 14.3. The third-order valence-electron chi connectivity index (χ3n) is 3.48. The van der Waals surface area contributed by atoms with E-state index >= 15 is 0 Å².